The van der Waals surface area contributed by atoms with Crippen LogP contribution >= 0.6 is 0 Å². The van der Waals surface area contributed by atoms with Crippen LogP contribution in [0.25, 0.3) is 0 Å². The van der Waals surface area contributed by atoms with Crippen LogP contribution in [0, 0.1) is 0 Å². The quantitative estimate of drug-likeness (QED) is 0.588. The van der Waals surface area contributed by atoms with Crippen molar-refractivity contribution < 1.29 is 19.1 Å². The number of nitrogens with zero attached hydrogens (tertiary/aromatic N) is 1. The number of amides is 1. The molecule has 0 unspecified atom stereocenters. The molecule has 0 aromatic carbocycles. The number of hydrogen-bond acceptors (Lipinski definition) is 4. The van der Waals surface area contributed by atoms with Gasteiger partial charge in [0.2, 0.25) is 0 Å². The largest absolute Gasteiger partial charge is 0.464 e. The van der Waals surface area contributed by atoms with Crippen LogP contribution in [0.15, 0.2) is 0 Å². The first kappa shape index (κ1) is 16.8. The molecule has 1 aliphatic heterocycles. The minimum atomic E-state index is -0.550. The second-order valence-corrected chi connectivity index (χ2v) is 6.21. The van der Waals surface area contributed by atoms with E-state index in [-0.39, 0.29) is 5.97 Å². The molecular formula is C15H27NO4. The maximum atomic E-state index is 12.2. The lowest BCUT2D eigenvalue weighted by molar-refractivity contribution is -0.151. The number of ether oxygens (including phenoxy) is 2. The summed E-state index contributed by atoms with van der Waals surface area (Å²) in [5, 5.41) is 0. The van der Waals surface area contributed by atoms with Crippen molar-refractivity contribution in [1.29, 1.82) is 0 Å². The average molecular weight is 285 g/mol. The standard InChI is InChI=1S/C15H27NO4/c1-5-6-11-19-13(17)12-9-7-8-10-16(12)14(18)20-15(2,3)4/h12H,5-11H2,1-4H3/t12-/m1/s1. The fourth-order valence-corrected chi connectivity index (χ4v) is 2.13. The van der Waals surface area contributed by atoms with E-state index in [1.165, 1.54) is 4.90 Å². The van der Waals surface area contributed by atoms with E-state index in [0.29, 0.717) is 19.6 Å². The summed E-state index contributed by atoms with van der Waals surface area (Å²) < 4.78 is 10.6. The van der Waals surface area contributed by atoms with Crippen molar-refractivity contribution in [2.24, 2.45) is 0 Å². The Labute approximate surface area is 121 Å². The van der Waals surface area contributed by atoms with E-state index in [1.54, 1.807) is 0 Å². The summed E-state index contributed by atoms with van der Waals surface area (Å²) in [6.07, 6.45) is 3.91. The van der Waals surface area contributed by atoms with E-state index in [0.717, 1.165) is 25.7 Å². The van der Waals surface area contributed by atoms with Gasteiger partial charge in [-0.25, -0.2) is 9.59 Å². The summed E-state index contributed by atoms with van der Waals surface area (Å²) >= 11 is 0. The number of piperidine rings is 1. The average Bonchev–Trinajstić information content (AvgIpc) is 2.37. The van der Waals surface area contributed by atoms with Crippen LogP contribution in [0.2, 0.25) is 0 Å². The number of carbonyl (C=O) groups excluding carboxylic acids is 2. The molecular weight excluding hydrogens is 258 g/mol. The van der Waals surface area contributed by atoms with Gasteiger partial charge in [-0.1, -0.05) is 13.3 Å². The Hall–Kier alpha value is -1.26. The summed E-state index contributed by atoms with van der Waals surface area (Å²) in [6.45, 7) is 8.49. The lowest BCUT2D eigenvalue weighted by Gasteiger charge is -2.35. The van der Waals surface area contributed by atoms with Gasteiger partial charge >= 0.3 is 12.1 Å². The Morgan fingerprint density at radius 3 is 2.55 bits per heavy atom. The van der Waals surface area contributed by atoms with Gasteiger partial charge in [-0.15, -0.1) is 0 Å². The number of hydrogen-bond donors (Lipinski definition) is 0. The Morgan fingerprint density at radius 1 is 1.25 bits per heavy atom. The molecule has 0 aromatic rings. The van der Waals surface area contributed by atoms with Crippen LogP contribution in [0.1, 0.15) is 59.8 Å². The van der Waals surface area contributed by atoms with Gasteiger partial charge in [0.05, 0.1) is 6.61 Å². The van der Waals surface area contributed by atoms with Crippen molar-refractivity contribution in [3.8, 4) is 0 Å². The number of carbonyl (C=O) groups is 2. The molecule has 1 atom stereocenters. The topological polar surface area (TPSA) is 55.8 Å². The molecule has 0 aliphatic carbocycles. The molecule has 5 nitrogen and oxygen atoms in total. The SMILES string of the molecule is CCCCOC(=O)[C@H]1CCCCN1C(=O)OC(C)(C)C. The van der Waals surface area contributed by atoms with E-state index < -0.39 is 17.7 Å². The molecule has 0 radical (unpaired) electrons. The van der Waals surface area contributed by atoms with Crippen LogP contribution < -0.4 is 0 Å². The minimum Gasteiger partial charge on any atom is -0.464 e. The second-order valence-electron chi connectivity index (χ2n) is 6.21. The summed E-state index contributed by atoms with van der Waals surface area (Å²) in [4.78, 5) is 25.8. The van der Waals surface area contributed by atoms with Gasteiger partial charge in [0.15, 0.2) is 0 Å². The van der Waals surface area contributed by atoms with Gasteiger partial charge in [-0.05, 0) is 46.5 Å². The zero-order valence-electron chi connectivity index (χ0n) is 13.1. The third kappa shape index (κ3) is 5.39. The molecule has 116 valence electrons. The molecule has 0 saturated carbocycles. The van der Waals surface area contributed by atoms with Gasteiger partial charge in [0.25, 0.3) is 0 Å². The zero-order valence-corrected chi connectivity index (χ0v) is 13.1. The lowest BCUT2D eigenvalue weighted by Crippen LogP contribution is -2.50. The highest BCUT2D eigenvalue weighted by molar-refractivity contribution is 5.81. The van der Waals surface area contributed by atoms with Gasteiger partial charge in [0.1, 0.15) is 11.6 Å². The first-order valence-electron chi connectivity index (χ1n) is 7.51. The molecule has 20 heavy (non-hydrogen) atoms. The summed E-state index contributed by atoms with van der Waals surface area (Å²) in [6, 6.07) is -0.490. The van der Waals surface area contributed by atoms with Crippen molar-refractivity contribution in [1.82, 2.24) is 4.90 Å². The van der Waals surface area contributed by atoms with E-state index in [4.69, 9.17) is 9.47 Å². The number of unbranched alkanes of at least 4 members (excludes halogenated alkanes) is 1. The van der Waals surface area contributed by atoms with Crippen LogP contribution in [0.3, 0.4) is 0 Å². The monoisotopic (exact) mass is 285 g/mol. The molecule has 0 bridgehead atoms. The summed E-state index contributed by atoms with van der Waals surface area (Å²) in [5.74, 6) is -0.302. The van der Waals surface area contributed by atoms with Crippen molar-refractivity contribution in [3.05, 3.63) is 0 Å². The molecule has 1 amide bonds. The molecule has 1 heterocycles. The van der Waals surface area contributed by atoms with Crippen LogP contribution in [-0.2, 0) is 14.3 Å². The van der Waals surface area contributed by atoms with Crippen LogP contribution in [0.4, 0.5) is 4.79 Å². The van der Waals surface area contributed by atoms with Crippen LogP contribution in [0.5, 0.6) is 0 Å². The molecule has 1 rings (SSSR count). The number of likely N-dealkylation sites (tertiary alicyclic amines) is 1. The van der Waals surface area contributed by atoms with Crippen molar-refractivity contribution >= 4 is 12.1 Å². The fraction of sp³-hybridized carbons (Fsp3) is 0.867. The molecule has 5 heteroatoms. The Bertz CT molecular complexity index is 335. The molecule has 0 N–H and O–H groups in total. The second kappa shape index (κ2) is 7.50. The predicted octanol–water partition coefficient (Wildman–Crippen LogP) is 3.12. The van der Waals surface area contributed by atoms with Gasteiger partial charge in [-0.3, -0.25) is 4.90 Å². The van der Waals surface area contributed by atoms with Crippen molar-refractivity contribution in [2.75, 3.05) is 13.2 Å². The highest BCUT2D eigenvalue weighted by Gasteiger charge is 2.35. The third-order valence-electron chi connectivity index (χ3n) is 3.15. The maximum absolute atomic E-state index is 12.2. The Balaban J connectivity index is 2.61. The van der Waals surface area contributed by atoms with E-state index in [2.05, 4.69) is 0 Å². The normalized spacial score (nSPS) is 19.6. The highest BCUT2D eigenvalue weighted by atomic mass is 16.6. The van der Waals surface area contributed by atoms with Gasteiger partial charge in [0, 0.05) is 6.54 Å². The predicted molar refractivity (Wildman–Crippen MR) is 76.4 cm³/mol. The first-order valence-corrected chi connectivity index (χ1v) is 7.51. The van der Waals surface area contributed by atoms with Gasteiger partial charge < -0.3 is 9.47 Å². The molecule has 1 aliphatic rings. The highest BCUT2D eigenvalue weighted by Crippen LogP contribution is 2.21. The van der Waals surface area contributed by atoms with E-state index >= 15 is 0 Å². The summed E-state index contributed by atoms with van der Waals surface area (Å²) in [7, 11) is 0. The molecule has 1 fully saturated rings. The fourth-order valence-electron chi connectivity index (χ4n) is 2.13. The Kier molecular flexibility index (Phi) is 6.30. The number of esters is 1. The van der Waals surface area contributed by atoms with Crippen molar-refractivity contribution in [2.45, 2.75) is 71.4 Å². The molecule has 1 saturated heterocycles. The zero-order chi connectivity index (χ0) is 15.2. The third-order valence-corrected chi connectivity index (χ3v) is 3.15. The molecule has 0 aromatic heterocycles. The minimum absolute atomic E-state index is 0.302. The first-order chi connectivity index (χ1) is 9.35. The van der Waals surface area contributed by atoms with Crippen molar-refractivity contribution in [3.63, 3.8) is 0 Å². The van der Waals surface area contributed by atoms with Crippen LogP contribution in [-0.4, -0.2) is 41.8 Å². The lowest BCUT2D eigenvalue weighted by atomic mass is 10.0. The smallest absolute Gasteiger partial charge is 0.411 e. The number of rotatable bonds is 4. The molecule has 0 spiro atoms. The van der Waals surface area contributed by atoms with E-state index in [9.17, 15) is 9.59 Å². The van der Waals surface area contributed by atoms with Gasteiger partial charge in [-0.2, -0.15) is 0 Å². The van der Waals surface area contributed by atoms with E-state index in [1.807, 2.05) is 27.7 Å². The Morgan fingerprint density at radius 2 is 1.95 bits per heavy atom. The summed E-state index contributed by atoms with van der Waals surface area (Å²) in [5.41, 5.74) is -0.550. The maximum Gasteiger partial charge on any atom is 0.411 e.